The lowest BCUT2D eigenvalue weighted by molar-refractivity contribution is -0.129. The van der Waals surface area contributed by atoms with E-state index >= 15 is 0 Å². The van der Waals surface area contributed by atoms with Crippen LogP contribution in [0.5, 0.6) is 5.75 Å². The number of nitrogens with zero attached hydrogens (tertiary/aromatic N) is 2. The number of benzene rings is 3. The van der Waals surface area contributed by atoms with Crippen LogP contribution >= 0.6 is 23.6 Å². The highest BCUT2D eigenvalue weighted by Crippen LogP contribution is 2.24. The van der Waals surface area contributed by atoms with Crippen molar-refractivity contribution in [3.63, 3.8) is 0 Å². The van der Waals surface area contributed by atoms with Crippen LogP contribution in [0.3, 0.4) is 0 Å². The van der Waals surface area contributed by atoms with Crippen LogP contribution in [0.4, 0.5) is 5.13 Å². The van der Waals surface area contributed by atoms with E-state index in [4.69, 9.17) is 22.7 Å². The number of hydrogen-bond acceptors (Lipinski definition) is 8. The Morgan fingerprint density at radius 2 is 1.59 bits per heavy atom. The number of aromatic nitrogens is 2. The van der Waals surface area contributed by atoms with Crippen LogP contribution in [0.15, 0.2) is 84.9 Å². The quantitative estimate of drug-likeness (QED) is 0.217. The average Bonchev–Trinajstić information content (AvgIpc) is 3.41. The molecule has 0 aliphatic heterocycles. The number of imide groups is 1. The highest BCUT2D eigenvalue weighted by molar-refractivity contribution is 7.73. The second kappa shape index (κ2) is 13.9. The third kappa shape index (κ3) is 7.94. The summed E-state index contributed by atoms with van der Waals surface area (Å²) < 4.78 is 6.12. The van der Waals surface area contributed by atoms with E-state index < -0.39 is 29.8 Å². The molecule has 0 spiro atoms. The molecule has 1 heterocycles. The molecule has 41 heavy (non-hydrogen) atoms. The lowest BCUT2D eigenvalue weighted by atomic mass is 10.0. The topological polar surface area (TPSA) is 130 Å². The number of H-pyrrole nitrogens is 1. The van der Waals surface area contributed by atoms with Gasteiger partial charge in [0.1, 0.15) is 18.4 Å². The van der Waals surface area contributed by atoms with E-state index in [2.05, 4.69) is 15.5 Å². The van der Waals surface area contributed by atoms with Gasteiger partial charge in [-0.2, -0.15) is 0 Å². The van der Waals surface area contributed by atoms with Crippen molar-refractivity contribution in [2.75, 3.05) is 4.90 Å². The van der Waals surface area contributed by atoms with Gasteiger partial charge in [0.2, 0.25) is 11.0 Å². The number of amides is 3. The molecule has 0 fully saturated rings. The van der Waals surface area contributed by atoms with E-state index in [1.54, 1.807) is 38.1 Å². The SMILES string of the molecule is CC(C)[C@H](NC(=O)[C@@H](N)Cc1ccccc1)C(=O)N(C(=O)c1ccc(OCc2ccccc2)cc1)c1n[nH]c(=S)s1. The van der Waals surface area contributed by atoms with Gasteiger partial charge in [-0.25, -0.2) is 4.90 Å². The van der Waals surface area contributed by atoms with Gasteiger partial charge in [0.15, 0.2) is 3.95 Å². The van der Waals surface area contributed by atoms with Gasteiger partial charge < -0.3 is 15.8 Å². The Kier molecular flexibility index (Phi) is 10.1. The van der Waals surface area contributed by atoms with Gasteiger partial charge in [-0.3, -0.25) is 19.5 Å². The minimum Gasteiger partial charge on any atom is -0.489 e. The molecule has 0 saturated heterocycles. The fourth-order valence-corrected chi connectivity index (χ4v) is 4.92. The summed E-state index contributed by atoms with van der Waals surface area (Å²) >= 11 is 6.14. The van der Waals surface area contributed by atoms with Crippen molar-refractivity contribution in [3.05, 3.63) is 106 Å². The summed E-state index contributed by atoms with van der Waals surface area (Å²) in [5.41, 5.74) is 8.31. The minimum atomic E-state index is -1.04. The van der Waals surface area contributed by atoms with Crippen molar-refractivity contribution in [1.29, 1.82) is 0 Å². The highest BCUT2D eigenvalue weighted by Gasteiger charge is 2.36. The third-order valence-corrected chi connectivity index (χ3v) is 7.33. The molecular formula is C30H31N5O4S2. The summed E-state index contributed by atoms with van der Waals surface area (Å²) in [5.74, 6) is -1.55. The van der Waals surface area contributed by atoms with Crippen LogP contribution in [-0.2, 0) is 22.6 Å². The summed E-state index contributed by atoms with van der Waals surface area (Å²) in [6, 6.07) is 23.6. The van der Waals surface area contributed by atoms with Gasteiger partial charge >= 0.3 is 0 Å². The molecule has 4 rings (SSSR count). The molecule has 212 valence electrons. The molecule has 3 amide bonds. The van der Waals surface area contributed by atoms with E-state index in [0.717, 1.165) is 27.4 Å². The zero-order valence-corrected chi connectivity index (χ0v) is 24.3. The van der Waals surface area contributed by atoms with Gasteiger partial charge in [0.05, 0.1) is 6.04 Å². The molecule has 0 radical (unpaired) electrons. The number of carbonyl (C=O) groups is 3. The Labute approximate surface area is 247 Å². The molecule has 3 aromatic carbocycles. The third-order valence-electron chi connectivity index (χ3n) is 6.26. The maximum Gasteiger partial charge on any atom is 0.267 e. The van der Waals surface area contributed by atoms with E-state index in [1.807, 2.05) is 60.7 Å². The molecule has 0 saturated carbocycles. The van der Waals surface area contributed by atoms with E-state index in [9.17, 15) is 14.4 Å². The zero-order valence-electron chi connectivity index (χ0n) is 22.7. The smallest absolute Gasteiger partial charge is 0.267 e. The summed E-state index contributed by atoms with van der Waals surface area (Å²) in [7, 11) is 0. The normalized spacial score (nSPS) is 12.4. The molecule has 1 aromatic heterocycles. The van der Waals surface area contributed by atoms with Gasteiger partial charge in [0.25, 0.3) is 11.8 Å². The molecular weight excluding hydrogens is 558 g/mol. The zero-order chi connectivity index (χ0) is 29.4. The standard InChI is InChI=1S/C30H31N5O4S2/c1-19(2)25(32-26(36)24(31)17-20-9-5-3-6-10-20)28(38)35(29-33-34-30(40)41-29)27(37)22-13-15-23(16-14-22)39-18-21-11-7-4-8-12-21/h3-16,19,24-25H,17-18,31H2,1-2H3,(H,32,36)(H,34,40)/t24-,25-/m0/s1. The van der Waals surface area contributed by atoms with E-state index in [-0.39, 0.29) is 16.6 Å². The van der Waals surface area contributed by atoms with Crippen LogP contribution in [0.1, 0.15) is 35.3 Å². The van der Waals surface area contributed by atoms with Gasteiger partial charge in [-0.15, -0.1) is 5.10 Å². The van der Waals surface area contributed by atoms with Gasteiger partial charge in [-0.1, -0.05) is 85.8 Å². The van der Waals surface area contributed by atoms with Crippen molar-refractivity contribution in [1.82, 2.24) is 15.5 Å². The fraction of sp³-hybridized carbons (Fsp3) is 0.233. The van der Waals surface area contributed by atoms with Crippen molar-refractivity contribution in [3.8, 4) is 5.75 Å². The van der Waals surface area contributed by atoms with Crippen molar-refractivity contribution < 1.29 is 19.1 Å². The Bertz CT molecular complexity index is 1520. The summed E-state index contributed by atoms with van der Waals surface area (Å²) in [4.78, 5) is 41.6. The number of hydrogen-bond donors (Lipinski definition) is 3. The Balaban J connectivity index is 1.52. The maximum absolute atomic E-state index is 13.9. The van der Waals surface area contributed by atoms with E-state index in [0.29, 0.717) is 22.7 Å². The van der Waals surface area contributed by atoms with Crippen molar-refractivity contribution in [2.45, 2.75) is 39.0 Å². The Morgan fingerprint density at radius 3 is 2.15 bits per heavy atom. The van der Waals surface area contributed by atoms with Crippen LogP contribution < -0.4 is 20.7 Å². The molecule has 0 unspecified atom stereocenters. The molecule has 9 nitrogen and oxygen atoms in total. The monoisotopic (exact) mass is 589 g/mol. The predicted octanol–water partition coefficient (Wildman–Crippen LogP) is 4.66. The highest BCUT2D eigenvalue weighted by atomic mass is 32.1. The number of ether oxygens (including phenoxy) is 1. The molecule has 4 aromatic rings. The minimum absolute atomic E-state index is 0.0721. The first kappa shape index (κ1) is 29.8. The van der Waals surface area contributed by atoms with Crippen LogP contribution in [0, 0.1) is 9.87 Å². The molecule has 11 heteroatoms. The predicted molar refractivity (Wildman–Crippen MR) is 161 cm³/mol. The number of nitrogens with two attached hydrogens (primary N) is 1. The lowest BCUT2D eigenvalue weighted by Gasteiger charge is -2.28. The summed E-state index contributed by atoms with van der Waals surface area (Å²) in [6.07, 6.45) is 0.299. The average molecular weight is 590 g/mol. The van der Waals surface area contributed by atoms with Crippen LogP contribution in [-0.4, -0.2) is 40.0 Å². The molecule has 2 atom stereocenters. The molecule has 4 N–H and O–H groups in total. The van der Waals surface area contributed by atoms with Gasteiger partial charge in [0, 0.05) is 5.56 Å². The summed E-state index contributed by atoms with van der Waals surface area (Å²) in [5, 5.41) is 9.53. The Hall–Kier alpha value is -4.19. The van der Waals surface area contributed by atoms with Crippen molar-refractivity contribution in [2.24, 2.45) is 11.7 Å². The fourth-order valence-electron chi connectivity index (χ4n) is 4.04. The molecule has 0 aliphatic rings. The number of carbonyl (C=O) groups excluding carboxylic acids is 3. The van der Waals surface area contributed by atoms with Crippen LogP contribution in [0.2, 0.25) is 0 Å². The first-order chi connectivity index (χ1) is 19.7. The second-order valence-electron chi connectivity index (χ2n) is 9.70. The first-order valence-corrected chi connectivity index (χ1v) is 14.3. The number of rotatable bonds is 11. The molecule has 0 aliphatic carbocycles. The van der Waals surface area contributed by atoms with Gasteiger partial charge in [-0.05, 0) is 59.9 Å². The number of nitrogens with one attached hydrogen (secondary N) is 2. The van der Waals surface area contributed by atoms with Crippen LogP contribution in [0.25, 0.3) is 0 Å². The molecule has 0 bridgehead atoms. The first-order valence-electron chi connectivity index (χ1n) is 13.0. The van der Waals surface area contributed by atoms with Crippen molar-refractivity contribution >= 4 is 46.4 Å². The lowest BCUT2D eigenvalue weighted by Crippen LogP contribution is -2.56. The number of anilines is 1. The Morgan fingerprint density at radius 1 is 0.976 bits per heavy atom. The number of aromatic amines is 1. The largest absolute Gasteiger partial charge is 0.489 e. The van der Waals surface area contributed by atoms with E-state index in [1.165, 1.54) is 0 Å². The summed E-state index contributed by atoms with van der Waals surface area (Å²) in [6.45, 7) is 3.93. The second-order valence-corrected chi connectivity index (χ2v) is 11.3. The maximum atomic E-state index is 13.9.